The van der Waals surface area contributed by atoms with Crippen LogP contribution in [0.5, 0.6) is 0 Å². The molecule has 9 heteroatoms. The van der Waals surface area contributed by atoms with Gasteiger partial charge in [-0.15, -0.1) is 21.5 Å². The van der Waals surface area contributed by atoms with Gasteiger partial charge in [-0.25, -0.2) is 9.97 Å². The van der Waals surface area contributed by atoms with Crippen molar-refractivity contribution in [3.05, 3.63) is 16.1 Å². The normalized spacial score (nSPS) is 11.3. The molecule has 0 fully saturated rings. The third kappa shape index (κ3) is 2.17. The number of hydrogen-bond acceptors (Lipinski definition) is 7. The Balaban J connectivity index is 2.20. The van der Waals surface area contributed by atoms with E-state index in [0.717, 1.165) is 30.3 Å². The standard InChI is InChI=1S/C10H10N6S3/c1-5-12-7-6(18-10(17)16(7)3)8(13-5)19-9-14-11-4-15(9)2/h4H,1-3H3. The molecular formula is C10H10N6S3. The molecule has 98 valence electrons. The zero-order valence-corrected chi connectivity index (χ0v) is 12.9. The lowest BCUT2D eigenvalue weighted by molar-refractivity contribution is 0.787. The topological polar surface area (TPSA) is 61.4 Å². The van der Waals surface area contributed by atoms with E-state index in [1.807, 2.05) is 30.2 Å². The maximum Gasteiger partial charge on any atom is 0.197 e. The molecule has 0 unspecified atom stereocenters. The number of rotatable bonds is 2. The largest absolute Gasteiger partial charge is 0.311 e. The molecule has 0 saturated heterocycles. The summed E-state index contributed by atoms with van der Waals surface area (Å²) in [6.07, 6.45) is 1.67. The van der Waals surface area contributed by atoms with Gasteiger partial charge < -0.3 is 9.13 Å². The predicted molar refractivity (Wildman–Crippen MR) is 77.1 cm³/mol. The van der Waals surface area contributed by atoms with Crippen molar-refractivity contribution in [2.24, 2.45) is 14.1 Å². The fourth-order valence-corrected chi connectivity index (χ4v) is 3.81. The van der Waals surface area contributed by atoms with Crippen molar-refractivity contribution in [3.63, 3.8) is 0 Å². The second-order valence-corrected chi connectivity index (χ2v) is 6.58. The van der Waals surface area contributed by atoms with E-state index in [0.29, 0.717) is 0 Å². The van der Waals surface area contributed by atoms with Crippen LogP contribution in [0.15, 0.2) is 16.5 Å². The second kappa shape index (κ2) is 4.66. The van der Waals surface area contributed by atoms with Gasteiger partial charge in [0.2, 0.25) is 0 Å². The minimum Gasteiger partial charge on any atom is -0.311 e. The molecule has 3 rings (SSSR count). The highest BCUT2D eigenvalue weighted by Gasteiger charge is 2.14. The van der Waals surface area contributed by atoms with Crippen molar-refractivity contribution in [1.82, 2.24) is 29.3 Å². The Morgan fingerprint density at radius 3 is 2.79 bits per heavy atom. The van der Waals surface area contributed by atoms with E-state index >= 15 is 0 Å². The summed E-state index contributed by atoms with van der Waals surface area (Å²) in [5, 5.41) is 9.60. The van der Waals surface area contributed by atoms with Crippen LogP contribution in [0, 0.1) is 10.9 Å². The number of nitrogens with zero attached hydrogens (tertiary/aromatic N) is 6. The van der Waals surface area contributed by atoms with Crippen LogP contribution >= 0.6 is 35.3 Å². The number of thiazole rings is 1. The number of fused-ring (bicyclic) bond motifs is 1. The highest BCUT2D eigenvalue weighted by Crippen LogP contribution is 2.33. The Hall–Kier alpha value is -1.32. The Morgan fingerprint density at radius 2 is 2.11 bits per heavy atom. The SMILES string of the molecule is Cc1nc(Sc2nncn2C)c2sc(=S)n(C)c2n1. The molecule has 0 aliphatic rings. The molecule has 0 atom stereocenters. The van der Waals surface area contributed by atoms with Crippen LogP contribution in [0.3, 0.4) is 0 Å². The molecule has 3 aromatic rings. The Labute approximate surface area is 122 Å². The predicted octanol–water partition coefficient (Wildman–Crippen LogP) is 2.35. The lowest BCUT2D eigenvalue weighted by Gasteiger charge is -2.03. The first-order valence-electron chi connectivity index (χ1n) is 5.42. The van der Waals surface area contributed by atoms with Gasteiger partial charge in [0.1, 0.15) is 21.9 Å². The summed E-state index contributed by atoms with van der Waals surface area (Å²) >= 11 is 8.29. The van der Waals surface area contributed by atoms with E-state index in [4.69, 9.17) is 12.2 Å². The van der Waals surface area contributed by atoms with Crippen molar-refractivity contribution in [3.8, 4) is 0 Å². The Bertz CT molecular complexity index is 814. The molecule has 3 aromatic heterocycles. The summed E-state index contributed by atoms with van der Waals surface area (Å²) in [6.45, 7) is 1.88. The average Bonchev–Trinajstić information content (AvgIpc) is 2.88. The van der Waals surface area contributed by atoms with E-state index in [9.17, 15) is 0 Å². The van der Waals surface area contributed by atoms with Gasteiger partial charge in [0.05, 0.1) is 0 Å². The minimum atomic E-state index is 0.723. The first-order chi connectivity index (χ1) is 9.06. The number of aromatic nitrogens is 6. The third-order valence-corrected chi connectivity index (χ3v) is 5.29. The summed E-state index contributed by atoms with van der Waals surface area (Å²) in [5.41, 5.74) is 0.868. The molecular weight excluding hydrogens is 300 g/mol. The minimum absolute atomic E-state index is 0.723. The van der Waals surface area contributed by atoms with Crippen LogP contribution in [0.1, 0.15) is 5.82 Å². The van der Waals surface area contributed by atoms with Gasteiger partial charge in [0, 0.05) is 14.1 Å². The van der Waals surface area contributed by atoms with Crippen molar-refractivity contribution >= 4 is 45.7 Å². The van der Waals surface area contributed by atoms with E-state index in [1.165, 1.54) is 23.1 Å². The maximum atomic E-state index is 5.30. The molecule has 0 aliphatic carbocycles. The van der Waals surface area contributed by atoms with Gasteiger partial charge in [0.25, 0.3) is 0 Å². The molecule has 0 aliphatic heterocycles. The molecule has 19 heavy (non-hydrogen) atoms. The molecule has 0 saturated carbocycles. The van der Waals surface area contributed by atoms with Gasteiger partial charge in [-0.3, -0.25) is 0 Å². The lowest BCUT2D eigenvalue weighted by Crippen LogP contribution is -1.96. The highest BCUT2D eigenvalue weighted by molar-refractivity contribution is 7.99. The maximum absolute atomic E-state index is 5.30. The van der Waals surface area contributed by atoms with Crippen LogP contribution in [0.4, 0.5) is 0 Å². The highest BCUT2D eigenvalue weighted by atomic mass is 32.2. The van der Waals surface area contributed by atoms with E-state index in [-0.39, 0.29) is 0 Å². The van der Waals surface area contributed by atoms with Crippen molar-refractivity contribution in [2.75, 3.05) is 0 Å². The zero-order valence-electron chi connectivity index (χ0n) is 10.5. The molecule has 3 heterocycles. The van der Waals surface area contributed by atoms with Crippen LogP contribution in [-0.4, -0.2) is 29.3 Å². The summed E-state index contributed by atoms with van der Waals surface area (Å²) in [6, 6.07) is 0. The molecule has 0 radical (unpaired) electrons. The van der Waals surface area contributed by atoms with E-state index < -0.39 is 0 Å². The second-order valence-electron chi connectivity index (χ2n) is 3.98. The molecule has 0 aromatic carbocycles. The van der Waals surface area contributed by atoms with Crippen molar-refractivity contribution < 1.29 is 0 Å². The van der Waals surface area contributed by atoms with Crippen LogP contribution < -0.4 is 0 Å². The Kier molecular flexibility index (Phi) is 3.11. The van der Waals surface area contributed by atoms with E-state index in [2.05, 4.69) is 20.2 Å². The average molecular weight is 310 g/mol. The first-order valence-corrected chi connectivity index (χ1v) is 7.46. The summed E-state index contributed by atoms with van der Waals surface area (Å²) in [7, 11) is 3.82. The number of hydrogen-bond donors (Lipinski definition) is 0. The zero-order chi connectivity index (χ0) is 13.6. The molecule has 6 nitrogen and oxygen atoms in total. The smallest absolute Gasteiger partial charge is 0.197 e. The monoisotopic (exact) mass is 310 g/mol. The number of aryl methyl sites for hydroxylation is 3. The molecule has 0 amide bonds. The van der Waals surface area contributed by atoms with Crippen LogP contribution in [-0.2, 0) is 14.1 Å². The van der Waals surface area contributed by atoms with Gasteiger partial charge in [-0.05, 0) is 30.9 Å². The summed E-state index contributed by atoms with van der Waals surface area (Å²) in [4.78, 5) is 8.94. The fraction of sp³-hybridized carbons (Fsp3) is 0.300. The summed E-state index contributed by atoms with van der Waals surface area (Å²) < 4.78 is 5.54. The molecule has 0 bridgehead atoms. The van der Waals surface area contributed by atoms with Crippen LogP contribution in [0.25, 0.3) is 10.3 Å². The first kappa shape index (κ1) is 12.7. The quantitative estimate of drug-likeness (QED) is 0.535. The van der Waals surface area contributed by atoms with Crippen molar-refractivity contribution in [2.45, 2.75) is 17.1 Å². The molecule has 0 N–H and O–H groups in total. The van der Waals surface area contributed by atoms with E-state index in [1.54, 1.807) is 6.33 Å². The van der Waals surface area contributed by atoms with Gasteiger partial charge >= 0.3 is 0 Å². The van der Waals surface area contributed by atoms with Gasteiger partial charge in [0.15, 0.2) is 14.8 Å². The van der Waals surface area contributed by atoms with Crippen LogP contribution in [0.2, 0.25) is 0 Å². The molecule has 0 spiro atoms. The van der Waals surface area contributed by atoms with Gasteiger partial charge in [-0.1, -0.05) is 0 Å². The van der Waals surface area contributed by atoms with Crippen molar-refractivity contribution in [1.29, 1.82) is 0 Å². The summed E-state index contributed by atoms with van der Waals surface area (Å²) in [5.74, 6) is 0.723. The lowest BCUT2D eigenvalue weighted by atomic mass is 10.5. The van der Waals surface area contributed by atoms with Gasteiger partial charge in [-0.2, -0.15) is 0 Å². The third-order valence-electron chi connectivity index (χ3n) is 2.57. The fourth-order valence-electron chi connectivity index (χ4n) is 1.60. The Morgan fingerprint density at radius 1 is 1.32 bits per heavy atom.